The van der Waals surface area contributed by atoms with Gasteiger partial charge in [-0.15, -0.1) is 10.2 Å². The molecule has 1 amide bonds. The number of carbonyl (C=O) groups excluding carboxylic acids is 1. The minimum Gasteiger partial charge on any atom is -0.491 e. The van der Waals surface area contributed by atoms with E-state index in [-0.39, 0.29) is 12.0 Å². The van der Waals surface area contributed by atoms with Crippen molar-refractivity contribution < 1.29 is 9.53 Å². The smallest absolute Gasteiger partial charge is 0.271 e. The maximum Gasteiger partial charge on any atom is 0.271 e. The van der Waals surface area contributed by atoms with E-state index in [1.807, 2.05) is 52.0 Å². The summed E-state index contributed by atoms with van der Waals surface area (Å²) in [4.78, 5) is 11.9. The van der Waals surface area contributed by atoms with Crippen molar-refractivity contribution in [3.05, 3.63) is 42.1 Å². The molecule has 1 heterocycles. The zero-order valence-corrected chi connectivity index (χ0v) is 14.5. The van der Waals surface area contributed by atoms with Gasteiger partial charge >= 0.3 is 0 Å². The molecule has 2 rings (SSSR count). The number of nitrogens with zero attached hydrogens (tertiary/aromatic N) is 2. The largest absolute Gasteiger partial charge is 0.491 e. The van der Waals surface area contributed by atoms with Gasteiger partial charge in [0.25, 0.3) is 5.91 Å². The minimum atomic E-state index is -0.210. The van der Waals surface area contributed by atoms with Crippen LogP contribution in [0.2, 0.25) is 0 Å². The van der Waals surface area contributed by atoms with Crippen molar-refractivity contribution >= 4 is 17.4 Å². The molecular weight excluding hydrogens is 304 g/mol. The van der Waals surface area contributed by atoms with Gasteiger partial charge in [-0.25, -0.2) is 0 Å². The Balaban J connectivity index is 1.95. The molecule has 0 aliphatic rings. The molecule has 1 aromatic carbocycles. The predicted octanol–water partition coefficient (Wildman–Crippen LogP) is 3.39. The van der Waals surface area contributed by atoms with Gasteiger partial charge in [0.1, 0.15) is 5.75 Å². The van der Waals surface area contributed by atoms with E-state index in [9.17, 15) is 4.79 Å². The molecule has 1 aromatic heterocycles. The third kappa shape index (κ3) is 5.53. The fourth-order valence-corrected chi connectivity index (χ4v) is 1.94. The molecule has 2 N–H and O–H groups in total. The summed E-state index contributed by atoms with van der Waals surface area (Å²) >= 11 is 0. The number of aromatic nitrogens is 2. The van der Waals surface area contributed by atoms with Gasteiger partial charge in [0.05, 0.1) is 6.10 Å². The quantitative estimate of drug-likeness (QED) is 0.815. The van der Waals surface area contributed by atoms with Crippen molar-refractivity contribution in [2.24, 2.45) is 5.92 Å². The van der Waals surface area contributed by atoms with Crippen molar-refractivity contribution in [1.29, 1.82) is 0 Å². The number of anilines is 2. The number of hydrogen-bond acceptors (Lipinski definition) is 5. The lowest BCUT2D eigenvalue weighted by atomic mass is 10.2. The normalized spacial score (nSPS) is 10.8. The molecular formula is C18H24N4O2. The first-order valence-electron chi connectivity index (χ1n) is 8.09. The first-order valence-corrected chi connectivity index (χ1v) is 8.09. The number of carbonyl (C=O) groups is 1. The number of ether oxygens (including phenoxy) is 1. The number of amides is 1. The average Bonchev–Trinajstić information content (AvgIpc) is 2.54. The summed E-state index contributed by atoms with van der Waals surface area (Å²) in [6.45, 7) is 8.67. The van der Waals surface area contributed by atoms with Crippen LogP contribution in [0.15, 0.2) is 36.4 Å². The number of rotatable bonds is 7. The molecule has 0 saturated heterocycles. The van der Waals surface area contributed by atoms with E-state index in [4.69, 9.17) is 4.74 Å². The van der Waals surface area contributed by atoms with Crippen LogP contribution in [0.5, 0.6) is 5.75 Å². The molecule has 0 aliphatic carbocycles. The van der Waals surface area contributed by atoms with Crippen LogP contribution in [0.4, 0.5) is 11.5 Å². The van der Waals surface area contributed by atoms with E-state index in [0.717, 1.165) is 11.4 Å². The Kier molecular flexibility index (Phi) is 6.12. The number of nitrogens with one attached hydrogen (secondary N) is 2. The maximum absolute atomic E-state index is 11.9. The molecule has 0 saturated carbocycles. The highest BCUT2D eigenvalue weighted by Crippen LogP contribution is 2.19. The Morgan fingerprint density at radius 3 is 2.29 bits per heavy atom. The highest BCUT2D eigenvalue weighted by atomic mass is 16.5. The lowest BCUT2D eigenvalue weighted by Gasteiger charge is -2.11. The molecule has 2 aromatic rings. The Hall–Kier alpha value is -2.63. The summed E-state index contributed by atoms with van der Waals surface area (Å²) in [5.74, 6) is 1.58. The molecule has 0 atom stereocenters. The topological polar surface area (TPSA) is 76.1 Å². The van der Waals surface area contributed by atoms with Crippen LogP contribution in [-0.2, 0) is 0 Å². The number of benzene rings is 1. The molecule has 0 fully saturated rings. The Labute approximate surface area is 142 Å². The van der Waals surface area contributed by atoms with E-state index in [1.165, 1.54) is 0 Å². The first kappa shape index (κ1) is 17.7. The summed E-state index contributed by atoms with van der Waals surface area (Å²) in [5, 5.41) is 14.0. The van der Waals surface area contributed by atoms with Crippen molar-refractivity contribution in [3.63, 3.8) is 0 Å². The fourth-order valence-electron chi connectivity index (χ4n) is 1.94. The Morgan fingerprint density at radius 2 is 1.75 bits per heavy atom. The molecule has 6 heteroatoms. The number of hydrogen-bond donors (Lipinski definition) is 2. The van der Waals surface area contributed by atoms with Gasteiger partial charge in [0.2, 0.25) is 0 Å². The molecule has 0 bridgehead atoms. The zero-order valence-electron chi connectivity index (χ0n) is 14.5. The van der Waals surface area contributed by atoms with Crippen molar-refractivity contribution in [2.75, 3.05) is 11.9 Å². The van der Waals surface area contributed by atoms with Gasteiger partial charge in [-0.2, -0.15) is 0 Å². The molecule has 128 valence electrons. The van der Waals surface area contributed by atoms with Crippen molar-refractivity contribution in [3.8, 4) is 5.75 Å². The molecule has 24 heavy (non-hydrogen) atoms. The van der Waals surface area contributed by atoms with Crippen LogP contribution in [0.1, 0.15) is 38.2 Å². The van der Waals surface area contributed by atoms with Crippen molar-refractivity contribution in [1.82, 2.24) is 15.5 Å². The second-order valence-electron chi connectivity index (χ2n) is 6.22. The molecule has 0 radical (unpaired) electrons. The third-order valence-electron chi connectivity index (χ3n) is 3.07. The van der Waals surface area contributed by atoms with Gasteiger partial charge in [0, 0.05) is 12.2 Å². The average molecular weight is 328 g/mol. The van der Waals surface area contributed by atoms with Crippen LogP contribution in [0.3, 0.4) is 0 Å². The fraction of sp³-hybridized carbons (Fsp3) is 0.389. The minimum absolute atomic E-state index is 0.143. The van der Waals surface area contributed by atoms with Gasteiger partial charge in [-0.05, 0) is 56.2 Å². The van der Waals surface area contributed by atoms with Gasteiger partial charge in [-0.1, -0.05) is 13.8 Å². The van der Waals surface area contributed by atoms with E-state index < -0.39 is 0 Å². The van der Waals surface area contributed by atoms with E-state index in [1.54, 1.807) is 12.1 Å². The summed E-state index contributed by atoms with van der Waals surface area (Å²) in [5.41, 5.74) is 1.18. The van der Waals surface area contributed by atoms with Gasteiger partial charge in [0.15, 0.2) is 11.5 Å². The third-order valence-corrected chi connectivity index (χ3v) is 3.07. The Morgan fingerprint density at radius 1 is 1.04 bits per heavy atom. The van der Waals surface area contributed by atoms with Crippen LogP contribution >= 0.6 is 0 Å². The van der Waals surface area contributed by atoms with Crippen LogP contribution in [-0.4, -0.2) is 28.8 Å². The molecule has 0 unspecified atom stereocenters. The van der Waals surface area contributed by atoms with Crippen molar-refractivity contribution in [2.45, 2.75) is 33.8 Å². The van der Waals surface area contributed by atoms with Crippen LogP contribution in [0, 0.1) is 5.92 Å². The highest BCUT2D eigenvalue weighted by Gasteiger charge is 2.08. The molecule has 0 spiro atoms. The van der Waals surface area contributed by atoms with Gasteiger partial charge < -0.3 is 15.4 Å². The van der Waals surface area contributed by atoms with Crippen LogP contribution in [0.25, 0.3) is 0 Å². The zero-order chi connectivity index (χ0) is 17.5. The Bertz CT molecular complexity index is 652. The van der Waals surface area contributed by atoms with E-state index in [0.29, 0.717) is 24.0 Å². The summed E-state index contributed by atoms with van der Waals surface area (Å²) < 4.78 is 5.60. The van der Waals surface area contributed by atoms with Crippen LogP contribution < -0.4 is 15.4 Å². The standard InChI is InChI=1S/C18H24N4O2/c1-12(2)11-19-18(23)16-9-10-17(22-21-16)20-14-5-7-15(8-6-14)24-13(3)4/h5-10,12-13H,11H2,1-4H3,(H,19,23)(H,20,22). The molecule has 6 nitrogen and oxygen atoms in total. The summed E-state index contributed by atoms with van der Waals surface area (Å²) in [7, 11) is 0. The monoisotopic (exact) mass is 328 g/mol. The summed E-state index contributed by atoms with van der Waals surface area (Å²) in [6.07, 6.45) is 0.143. The highest BCUT2D eigenvalue weighted by molar-refractivity contribution is 5.92. The molecule has 0 aliphatic heterocycles. The second kappa shape index (κ2) is 8.29. The maximum atomic E-state index is 11.9. The lowest BCUT2D eigenvalue weighted by Crippen LogP contribution is -2.28. The SMILES string of the molecule is CC(C)CNC(=O)c1ccc(Nc2ccc(OC(C)C)cc2)nn1. The van der Waals surface area contributed by atoms with E-state index in [2.05, 4.69) is 20.8 Å². The van der Waals surface area contributed by atoms with E-state index >= 15 is 0 Å². The lowest BCUT2D eigenvalue weighted by molar-refractivity contribution is 0.0943. The first-order chi connectivity index (χ1) is 11.4. The summed E-state index contributed by atoms with van der Waals surface area (Å²) in [6, 6.07) is 11.0. The predicted molar refractivity (Wildman–Crippen MR) is 94.7 cm³/mol. The van der Waals surface area contributed by atoms with Gasteiger partial charge in [-0.3, -0.25) is 4.79 Å². The second-order valence-corrected chi connectivity index (χ2v) is 6.22.